The fourth-order valence-electron chi connectivity index (χ4n) is 4.21. The summed E-state index contributed by atoms with van der Waals surface area (Å²) < 4.78 is 52.4. The van der Waals surface area contributed by atoms with Crippen molar-refractivity contribution in [2.75, 3.05) is 37.7 Å². The Balaban J connectivity index is 1.48. The standard InChI is InChI=1S/C20H28N4O5S2/c1-22-18-6-5-16(31(28,29)24-9-3-2-4-10-24)15-17(18)21-19(22)7-8-20(25)23-11-13-30(26,27)14-12-23/h5-6,15H,2-4,7-14H2,1H3. The first-order valence-electron chi connectivity index (χ1n) is 10.6. The molecule has 0 spiro atoms. The predicted octanol–water partition coefficient (Wildman–Crippen LogP) is 0.938. The molecular formula is C20H28N4O5S2. The highest BCUT2D eigenvalue weighted by molar-refractivity contribution is 7.91. The van der Waals surface area contributed by atoms with Crippen LogP contribution in [0.4, 0.5) is 0 Å². The van der Waals surface area contributed by atoms with Gasteiger partial charge in [0.1, 0.15) is 5.82 Å². The summed E-state index contributed by atoms with van der Waals surface area (Å²) in [6.07, 6.45) is 3.45. The van der Waals surface area contributed by atoms with Crippen molar-refractivity contribution in [1.82, 2.24) is 18.8 Å². The van der Waals surface area contributed by atoms with Crippen molar-refractivity contribution in [2.45, 2.75) is 37.0 Å². The predicted molar refractivity (Wildman–Crippen MR) is 117 cm³/mol. The second-order valence-electron chi connectivity index (χ2n) is 8.23. The first-order chi connectivity index (χ1) is 14.7. The van der Waals surface area contributed by atoms with E-state index in [0.717, 1.165) is 24.8 Å². The average Bonchev–Trinajstić information content (AvgIpc) is 3.07. The van der Waals surface area contributed by atoms with Gasteiger partial charge in [0.15, 0.2) is 9.84 Å². The largest absolute Gasteiger partial charge is 0.341 e. The van der Waals surface area contributed by atoms with Gasteiger partial charge >= 0.3 is 0 Å². The number of benzene rings is 1. The Bertz CT molecular complexity index is 1180. The summed E-state index contributed by atoms with van der Waals surface area (Å²) in [5.41, 5.74) is 1.40. The number of piperidine rings is 1. The molecule has 0 N–H and O–H groups in total. The first-order valence-corrected chi connectivity index (χ1v) is 13.9. The number of aryl methyl sites for hydroxylation is 2. The number of amides is 1. The van der Waals surface area contributed by atoms with Crippen LogP contribution in [0.3, 0.4) is 0 Å². The summed E-state index contributed by atoms with van der Waals surface area (Å²) in [6, 6.07) is 5.00. The van der Waals surface area contributed by atoms with E-state index in [1.165, 1.54) is 0 Å². The number of sulfone groups is 1. The lowest BCUT2D eigenvalue weighted by Crippen LogP contribution is -2.43. The van der Waals surface area contributed by atoms with Crippen LogP contribution in [-0.2, 0) is 38.1 Å². The first kappa shape index (κ1) is 22.2. The van der Waals surface area contributed by atoms with Crippen LogP contribution in [0.15, 0.2) is 23.1 Å². The van der Waals surface area contributed by atoms with Crippen LogP contribution in [0.2, 0.25) is 0 Å². The zero-order valence-electron chi connectivity index (χ0n) is 17.7. The Morgan fingerprint density at radius 1 is 1.06 bits per heavy atom. The van der Waals surface area contributed by atoms with Crippen LogP contribution in [-0.4, -0.2) is 79.2 Å². The number of aromatic nitrogens is 2. The molecule has 0 radical (unpaired) electrons. The summed E-state index contributed by atoms with van der Waals surface area (Å²) in [4.78, 5) is 18.9. The van der Waals surface area contributed by atoms with E-state index in [2.05, 4.69) is 4.98 Å². The van der Waals surface area contributed by atoms with Crippen molar-refractivity contribution in [2.24, 2.45) is 7.05 Å². The molecule has 4 rings (SSSR count). The number of hydrogen-bond acceptors (Lipinski definition) is 6. The van der Waals surface area contributed by atoms with Gasteiger partial charge in [0.2, 0.25) is 15.9 Å². The molecule has 1 aromatic carbocycles. The van der Waals surface area contributed by atoms with E-state index in [1.807, 2.05) is 11.6 Å². The molecule has 0 aliphatic carbocycles. The number of sulfonamides is 1. The highest BCUT2D eigenvalue weighted by atomic mass is 32.2. The third-order valence-electron chi connectivity index (χ3n) is 6.16. The number of nitrogens with zero attached hydrogens (tertiary/aromatic N) is 4. The molecule has 1 amide bonds. The highest BCUT2D eigenvalue weighted by Gasteiger charge is 2.27. The molecule has 2 aliphatic rings. The second kappa shape index (κ2) is 8.51. The molecule has 2 aromatic rings. The lowest BCUT2D eigenvalue weighted by molar-refractivity contribution is -0.130. The number of carbonyl (C=O) groups excluding carboxylic acids is 1. The summed E-state index contributed by atoms with van der Waals surface area (Å²) >= 11 is 0. The molecular weight excluding hydrogens is 440 g/mol. The van der Waals surface area contributed by atoms with Crippen molar-refractivity contribution in [3.63, 3.8) is 0 Å². The van der Waals surface area contributed by atoms with E-state index in [9.17, 15) is 21.6 Å². The lowest BCUT2D eigenvalue weighted by Gasteiger charge is -2.26. The number of hydrogen-bond donors (Lipinski definition) is 0. The van der Waals surface area contributed by atoms with Gasteiger partial charge in [-0.3, -0.25) is 4.79 Å². The maximum absolute atomic E-state index is 13.0. The van der Waals surface area contributed by atoms with Crippen LogP contribution in [0, 0.1) is 0 Å². The fraction of sp³-hybridized carbons (Fsp3) is 0.600. The van der Waals surface area contributed by atoms with Gasteiger partial charge in [-0.1, -0.05) is 6.42 Å². The quantitative estimate of drug-likeness (QED) is 0.646. The smallest absolute Gasteiger partial charge is 0.243 e. The molecule has 0 unspecified atom stereocenters. The number of fused-ring (bicyclic) bond motifs is 1. The van der Waals surface area contributed by atoms with Gasteiger partial charge in [0.05, 0.1) is 27.4 Å². The molecule has 0 saturated carbocycles. The minimum absolute atomic E-state index is 0.0132. The molecule has 0 atom stereocenters. The van der Waals surface area contributed by atoms with Gasteiger partial charge < -0.3 is 9.47 Å². The van der Waals surface area contributed by atoms with E-state index in [1.54, 1.807) is 27.4 Å². The minimum Gasteiger partial charge on any atom is -0.341 e. The lowest BCUT2D eigenvalue weighted by atomic mass is 10.2. The second-order valence-corrected chi connectivity index (χ2v) is 12.5. The molecule has 2 saturated heterocycles. The summed E-state index contributed by atoms with van der Waals surface area (Å²) in [6.45, 7) is 1.57. The van der Waals surface area contributed by atoms with Crippen LogP contribution < -0.4 is 0 Å². The van der Waals surface area contributed by atoms with Crippen molar-refractivity contribution >= 4 is 36.8 Å². The molecule has 1 aromatic heterocycles. The van der Waals surface area contributed by atoms with Gasteiger partial charge in [-0.2, -0.15) is 4.31 Å². The number of rotatable bonds is 5. The third kappa shape index (κ3) is 4.63. The summed E-state index contributed by atoms with van der Waals surface area (Å²) in [5, 5.41) is 0. The van der Waals surface area contributed by atoms with Gasteiger partial charge in [-0.25, -0.2) is 21.8 Å². The van der Waals surface area contributed by atoms with Gasteiger partial charge in [0.25, 0.3) is 0 Å². The van der Waals surface area contributed by atoms with Crippen LogP contribution in [0.5, 0.6) is 0 Å². The van der Waals surface area contributed by atoms with E-state index in [0.29, 0.717) is 30.9 Å². The molecule has 3 heterocycles. The number of imidazole rings is 1. The van der Waals surface area contributed by atoms with Crippen molar-refractivity contribution in [1.29, 1.82) is 0 Å². The maximum atomic E-state index is 13.0. The third-order valence-corrected chi connectivity index (χ3v) is 9.66. The summed E-state index contributed by atoms with van der Waals surface area (Å²) in [5.74, 6) is 0.634. The van der Waals surface area contributed by atoms with Gasteiger partial charge in [-0.15, -0.1) is 0 Å². The molecule has 11 heteroatoms. The van der Waals surface area contributed by atoms with E-state index in [-0.39, 0.29) is 41.8 Å². The van der Waals surface area contributed by atoms with Crippen molar-refractivity contribution < 1.29 is 21.6 Å². The molecule has 2 aliphatic heterocycles. The van der Waals surface area contributed by atoms with Gasteiger partial charge in [0, 0.05) is 46.1 Å². The highest BCUT2D eigenvalue weighted by Crippen LogP contribution is 2.25. The van der Waals surface area contributed by atoms with E-state index >= 15 is 0 Å². The van der Waals surface area contributed by atoms with E-state index in [4.69, 9.17) is 0 Å². The SMILES string of the molecule is Cn1c(CCC(=O)N2CCS(=O)(=O)CC2)nc2cc(S(=O)(=O)N3CCCCC3)ccc21. The fourth-order valence-corrected chi connectivity index (χ4v) is 6.95. The molecule has 170 valence electrons. The molecule has 2 fully saturated rings. The van der Waals surface area contributed by atoms with Gasteiger partial charge in [-0.05, 0) is 31.0 Å². The Hall–Kier alpha value is -1.98. The van der Waals surface area contributed by atoms with Crippen LogP contribution in [0.25, 0.3) is 11.0 Å². The monoisotopic (exact) mass is 468 g/mol. The molecule has 31 heavy (non-hydrogen) atoms. The topological polar surface area (TPSA) is 110 Å². The Morgan fingerprint density at radius 3 is 2.42 bits per heavy atom. The summed E-state index contributed by atoms with van der Waals surface area (Å²) in [7, 11) is -4.71. The Labute approximate surface area is 183 Å². The number of carbonyl (C=O) groups is 1. The normalized spacial score (nSPS) is 20.2. The van der Waals surface area contributed by atoms with Crippen LogP contribution in [0.1, 0.15) is 31.5 Å². The van der Waals surface area contributed by atoms with E-state index < -0.39 is 19.9 Å². The Morgan fingerprint density at radius 2 is 1.74 bits per heavy atom. The molecule has 0 bridgehead atoms. The zero-order chi connectivity index (χ0) is 22.2. The minimum atomic E-state index is -3.53. The average molecular weight is 469 g/mol. The van der Waals surface area contributed by atoms with Crippen LogP contribution >= 0.6 is 0 Å². The maximum Gasteiger partial charge on any atom is 0.243 e. The molecule has 9 nitrogen and oxygen atoms in total. The van der Waals surface area contributed by atoms with Crippen molar-refractivity contribution in [3.05, 3.63) is 24.0 Å². The zero-order valence-corrected chi connectivity index (χ0v) is 19.3. The Kier molecular flexibility index (Phi) is 6.10. The van der Waals surface area contributed by atoms with Crippen molar-refractivity contribution in [3.8, 4) is 0 Å².